The van der Waals surface area contributed by atoms with E-state index < -0.39 is 0 Å². The van der Waals surface area contributed by atoms with Gasteiger partial charge in [0.2, 0.25) is 0 Å². The smallest absolute Gasteiger partial charge is 0.140 e. The van der Waals surface area contributed by atoms with E-state index in [9.17, 15) is 4.39 Å². The van der Waals surface area contributed by atoms with E-state index in [-0.39, 0.29) is 5.82 Å². The summed E-state index contributed by atoms with van der Waals surface area (Å²) in [6.07, 6.45) is 2.56. The average molecular weight is 332 g/mol. The molecule has 1 atom stereocenters. The van der Waals surface area contributed by atoms with Gasteiger partial charge in [0.05, 0.1) is 24.1 Å². The molecule has 1 saturated heterocycles. The number of morpholine rings is 1. The zero-order valence-corrected chi connectivity index (χ0v) is 14.3. The largest absolute Gasteiger partial charge is 0.379 e. The predicted molar refractivity (Wildman–Crippen MR) is 93.6 cm³/mol. The molecular weight excluding hydrogens is 307 g/mol. The van der Waals surface area contributed by atoms with Crippen molar-refractivity contribution in [3.8, 4) is 0 Å². The summed E-state index contributed by atoms with van der Waals surface area (Å²) in [4.78, 5) is 10.9. The Balaban J connectivity index is 1.76. The molecule has 24 heavy (non-hydrogen) atoms. The lowest BCUT2D eigenvalue weighted by Gasteiger charge is -2.35. The highest BCUT2D eigenvalue weighted by Gasteiger charge is 2.22. The van der Waals surface area contributed by atoms with Gasteiger partial charge in [-0.05, 0) is 24.5 Å². The van der Waals surface area contributed by atoms with Crippen LogP contribution < -0.4 is 5.32 Å². The van der Waals surface area contributed by atoms with Gasteiger partial charge in [-0.25, -0.2) is 14.4 Å². The molecule has 1 unspecified atom stereocenters. The molecule has 2 heterocycles. The predicted octanol–water partition coefficient (Wildman–Crippen LogP) is 2.93. The maximum absolute atomic E-state index is 14.2. The summed E-state index contributed by atoms with van der Waals surface area (Å²) >= 11 is 0. The number of halogens is 1. The lowest BCUT2D eigenvalue weighted by Crippen LogP contribution is -2.47. The Morgan fingerprint density at radius 3 is 2.79 bits per heavy atom. The number of hydrogen-bond donors (Lipinski definition) is 1. The number of anilines is 1. The van der Waals surface area contributed by atoms with E-state index in [0.717, 1.165) is 39.3 Å². The molecule has 0 aliphatic carbocycles. The van der Waals surface area contributed by atoms with Crippen molar-refractivity contribution in [1.82, 2.24) is 14.9 Å². The van der Waals surface area contributed by atoms with Crippen LogP contribution in [0.3, 0.4) is 0 Å². The van der Waals surface area contributed by atoms with Crippen LogP contribution in [0.5, 0.6) is 0 Å². The fraction of sp³-hybridized carbons (Fsp3) is 0.556. The summed E-state index contributed by atoms with van der Waals surface area (Å²) in [5.74, 6) is 0.876. The van der Waals surface area contributed by atoms with Crippen LogP contribution in [0.1, 0.15) is 20.3 Å². The van der Waals surface area contributed by atoms with E-state index >= 15 is 0 Å². The van der Waals surface area contributed by atoms with Gasteiger partial charge in [-0.15, -0.1) is 0 Å². The fourth-order valence-electron chi connectivity index (χ4n) is 3.26. The highest BCUT2D eigenvalue weighted by Crippen LogP contribution is 2.23. The van der Waals surface area contributed by atoms with Gasteiger partial charge in [0.25, 0.3) is 0 Å². The number of ether oxygens (including phenoxy) is 1. The van der Waals surface area contributed by atoms with Crippen LogP contribution >= 0.6 is 0 Å². The quantitative estimate of drug-likeness (QED) is 0.881. The van der Waals surface area contributed by atoms with Crippen LogP contribution in [-0.4, -0.2) is 53.8 Å². The molecule has 6 heteroatoms. The number of hydrogen-bond acceptors (Lipinski definition) is 5. The molecule has 0 bridgehead atoms. The molecule has 2 aromatic rings. The van der Waals surface area contributed by atoms with Crippen molar-refractivity contribution in [2.45, 2.75) is 26.3 Å². The standard InChI is InChI=1S/C18H25FN4O/c1-13(2)10-14(23-6-8-24-9-7-23)11-20-18-17-15(19)4-3-5-16(17)21-12-22-18/h3-5,12-14H,6-11H2,1-2H3,(H,20,21,22). The van der Waals surface area contributed by atoms with E-state index in [1.54, 1.807) is 12.1 Å². The fourth-order valence-corrected chi connectivity index (χ4v) is 3.26. The van der Waals surface area contributed by atoms with Crippen LogP contribution in [0.15, 0.2) is 24.5 Å². The third kappa shape index (κ3) is 3.99. The lowest BCUT2D eigenvalue weighted by atomic mass is 10.0. The Morgan fingerprint density at radius 2 is 2.04 bits per heavy atom. The second-order valence-corrected chi connectivity index (χ2v) is 6.67. The lowest BCUT2D eigenvalue weighted by molar-refractivity contribution is 0.0150. The van der Waals surface area contributed by atoms with Gasteiger partial charge in [-0.1, -0.05) is 19.9 Å². The zero-order chi connectivity index (χ0) is 16.9. The first-order chi connectivity index (χ1) is 11.6. The van der Waals surface area contributed by atoms with Gasteiger partial charge >= 0.3 is 0 Å². The van der Waals surface area contributed by atoms with E-state index in [1.165, 1.54) is 12.4 Å². The van der Waals surface area contributed by atoms with E-state index in [2.05, 4.69) is 34.0 Å². The second-order valence-electron chi connectivity index (χ2n) is 6.67. The number of fused-ring (bicyclic) bond motifs is 1. The van der Waals surface area contributed by atoms with Crippen LogP contribution in [0.4, 0.5) is 10.2 Å². The third-order valence-corrected chi connectivity index (χ3v) is 4.42. The summed E-state index contributed by atoms with van der Waals surface area (Å²) in [7, 11) is 0. The Morgan fingerprint density at radius 1 is 1.25 bits per heavy atom. The highest BCUT2D eigenvalue weighted by atomic mass is 19.1. The Bertz CT molecular complexity index is 668. The van der Waals surface area contributed by atoms with Crippen molar-refractivity contribution in [1.29, 1.82) is 0 Å². The first-order valence-electron chi connectivity index (χ1n) is 8.60. The molecule has 0 radical (unpaired) electrons. The molecular formula is C18H25FN4O. The SMILES string of the molecule is CC(C)CC(CNc1ncnc2cccc(F)c12)N1CCOCC1. The van der Waals surface area contributed by atoms with Crippen molar-refractivity contribution in [2.24, 2.45) is 5.92 Å². The molecule has 1 aliphatic rings. The van der Waals surface area contributed by atoms with Gasteiger partial charge in [-0.3, -0.25) is 4.90 Å². The molecule has 0 saturated carbocycles. The molecule has 1 aliphatic heterocycles. The molecule has 3 rings (SSSR count). The van der Waals surface area contributed by atoms with Gasteiger partial charge in [0, 0.05) is 25.7 Å². The molecule has 0 amide bonds. The number of rotatable bonds is 6. The maximum Gasteiger partial charge on any atom is 0.140 e. The van der Waals surface area contributed by atoms with Crippen LogP contribution in [0.2, 0.25) is 0 Å². The molecule has 130 valence electrons. The van der Waals surface area contributed by atoms with E-state index in [4.69, 9.17) is 4.74 Å². The van der Waals surface area contributed by atoms with Crippen molar-refractivity contribution >= 4 is 16.7 Å². The van der Waals surface area contributed by atoms with Gasteiger partial charge in [-0.2, -0.15) is 0 Å². The first kappa shape index (κ1) is 17.0. The second kappa shape index (κ2) is 7.85. The first-order valence-corrected chi connectivity index (χ1v) is 8.60. The molecule has 1 N–H and O–H groups in total. The number of nitrogens with one attached hydrogen (secondary N) is 1. The molecule has 1 aromatic carbocycles. The maximum atomic E-state index is 14.2. The summed E-state index contributed by atoms with van der Waals surface area (Å²) < 4.78 is 19.6. The zero-order valence-electron chi connectivity index (χ0n) is 14.3. The topological polar surface area (TPSA) is 50.3 Å². The van der Waals surface area contributed by atoms with Gasteiger partial charge in [0.15, 0.2) is 0 Å². The van der Waals surface area contributed by atoms with Gasteiger partial charge < -0.3 is 10.1 Å². The number of aromatic nitrogens is 2. The molecule has 5 nitrogen and oxygen atoms in total. The Labute approximate surface area is 142 Å². The van der Waals surface area contributed by atoms with Crippen molar-refractivity contribution in [3.63, 3.8) is 0 Å². The molecule has 1 aromatic heterocycles. The molecule has 1 fully saturated rings. The normalized spacial score (nSPS) is 17.3. The van der Waals surface area contributed by atoms with E-state index in [1.807, 2.05) is 0 Å². The van der Waals surface area contributed by atoms with Crippen molar-refractivity contribution < 1.29 is 9.13 Å². The Kier molecular flexibility index (Phi) is 5.58. The molecule has 0 spiro atoms. The summed E-state index contributed by atoms with van der Waals surface area (Å²) in [6, 6.07) is 5.30. The highest BCUT2D eigenvalue weighted by molar-refractivity contribution is 5.89. The van der Waals surface area contributed by atoms with Crippen molar-refractivity contribution in [2.75, 3.05) is 38.2 Å². The van der Waals surface area contributed by atoms with Crippen LogP contribution in [0.25, 0.3) is 10.9 Å². The summed E-state index contributed by atoms with van der Waals surface area (Å²) in [5, 5.41) is 3.82. The van der Waals surface area contributed by atoms with Crippen LogP contribution in [-0.2, 0) is 4.74 Å². The van der Waals surface area contributed by atoms with E-state index in [0.29, 0.717) is 28.7 Å². The Hall–Kier alpha value is -1.79. The summed E-state index contributed by atoms with van der Waals surface area (Å²) in [6.45, 7) is 8.63. The van der Waals surface area contributed by atoms with Crippen molar-refractivity contribution in [3.05, 3.63) is 30.3 Å². The minimum atomic E-state index is -0.289. The number of benzene rings is 1. The minimum Gasteiger partial charge on any atom is -0.379 e. The minimum absolute atomic E-state index is 0.289. The monoisotopic (exact) mass is 332 g/mol. The van der Waals surface area contributed by atoms with Crippen LogP contribution in [0, 0.1) is 11.7 Å². The van der Waals surface area contributed by atoms with Gasteiger partial charge in [0.1, 0.15) is 18.0 Å². The average Bonchev–Trinajstić information content (AvgIpc) is 2.59. The summed E-state index contributed by atoms with van der Waals surface area (Å²) in [5.41, 5.74) is 0.624. The third-order valence-electron chi connectivity index (χ3n) is 4.42. The number of nitrogens with zero attached hydrogens (tertiary/aromatic N) is 3.